The topological polar surface area (TPSA) is 100 Å². The van der Waals surface area contributed by atoms with E-state index in [2.05, 4.69) is 51.8 Å². The summed E-state index contributed by atoms with van der Waals surface area (Å²) < 4.78 is 18.2. The van der Waals surface area contributed by atoms with Gasteiger partial charge in [0.15, 0.2) is 5.65 Å². The molecular weight excluding hydrogens is 461 g/mol. The van der Waals surface area contributed by atoms with E-state index in [0.717, 1.165) is 48.3 Å². The largest absolute Gasteiger partial charge is 0.364 e. The van der Waals surface area contributed by atoms with Gasteiger partial charge in [-0.2, -0.15) is 14.8 Å². The summed E-state index contributed by atoms with van der Waals surface area (Å²) in [6, 6.07) is 7.42. The first-order valence-electron chi connectivity index (χ1n) is 12.3. The molecule has 11 heteroatoms. The fourth-order valence-electron chi connectivity index (χ4n) is 5.33. The number of aromatic nitrogens is 6. The average molecular weight is 492 g/mol. The van der Waals surface area contributed by atoms with Crippen molar-refractivity contribution in [3.8, 4) is 6.07 Å². The van der Waals surface area contributed by atoms with Gasteiger partial charge in [-0.05, 0) is 25.8 Å². The van der Waals surface area contributed by atoms with Crippen molar-refractivity contribution in [2.45, 2.75) is 58.3 Å². The van der Waals surface area contributed by atoms with Crippen LogP contribution in [0.2, 0.25) is 0 Å². The lowest BCUT2D eigenvalue weighted by Crippen LogP contribution is -2.59. The number of aryl methyl sites for hydroxylation is 1. The maximum Gasteiger partial charge on any atom is 0.252 e. The maximum atomic E-state index is 13.6. The van der Waals surface area contributed by atoms with E-state index in [9.17, 15) is 9.18 Å². The first-order valence-corrected chi connectivity index (χ1v) is 12.3. The Morgan fingerprint density at radius 3 is 2.69 bits per heavy atom. The number of piperazine rings is 1. The Kier molecular flexibility index (Phi) is 6.22. The number of nitriles is 1. The van der Waals surface area contributed by atoms with Gasteiger partial charge in [-0.3, -0.25) is 14.4 Å². The number of pyridine rings is 1. The van der Waals surface area contributed by atoms with E-state index < -0.39 is 5.95 Å². The van der Waals surface area contributed by atoms with Gasteiger partial charge in [0.25, 0.3) is 5.56 Å². The normalized spacial score (nSPS) is 19.7. The van der Waals surface area contributed by atoms with Crippen molar-refractivity contribution in [3.05, 3.63) is 52.6 Å². The molecular formula is C25H30FN9O. The van der Waals surface area contributed by atoms with Crippen molar-refractivity contribution in [2.24, 2.45) is 7.05 Å². The number of hydrogen-bond acceptors (Lipinski definition) is 7. The zero-order valence-electron chi connectivity index (χ0n) is 21.0. The van der Waals surface area contributed by atoms with E-state index in [0.29, 0.717) is 5.65 Å². The minimum absolute atomic E-state index is 0.0209. The van der Waals surface area contributed by atoms with Crippen molar-refractivity contribution in [2.75, 3.05) is 18.0 Å². The summed E-state index contributed by atoms with van der Waals surface area (Å²) in [5.41, 5.74) is 3.53. The highest BCUT2D eigenvalue weighted by molar-refractivity contribution is 5.88. The zero-order valence-corrected chi connectivity index (χ0v) is 21.0. The number of rotatable bonds is 6. The number of fused-ring (bicyclic) bond motifs is 2. The van der Waals surface area contributed by atoms with Crippen LogP contribution in [-0.4, -0.2) is 59.0 Å². The molecule has 1 aliphatic rings. The van der Waals surface area contributed by atoms with Crippen LogP contribution in [0.1, 0.15) is 45.3 Å². The van der Waals surface area contributed by atoms with Crippen LogP contribution in [0.25, 0.3) is 16.7 Å². The van der Waals surface area contributed by atoms with Gasteiger partial charge in [0, 0.05) is 56.6 Å². The van der Waals surface area contributed by atoms with Gasteiger partial charge < -0.3 is 9.47 Å². The van der Waals surface area contributed by atoms with Gasteiger partial charge in [-0.15, -0.1) is 5.10 Å². The van der Waals surface area contributed by atoms with Crippen LogP contribution in [0.15, 0.2) is 35.4 Å². The molecule has 0 spiro atoms. The predicted octanol–water partition coefficient (Wildman–Crippen LogP) is 2.88. The first-order chi connectivity index (χ1) is 17.3. The van der Waals surface area contributed by atoms with Gasteiger partial charge in [0.2, 0.25) is 5.95 Å². The number of nitrogens with zero attached hydrogens (tertiary/aromatic N) is 9. The van der Waals surface area contributed by atoms with Gasteiger partial charge in [-0.1, -0.05) is 13.8 Å². The molecule has 0 unspecified atom stereocenters. The highest BCUT2D eigenvalue weighted by Gasteiger charge is 2.36. The third-order valence-electron chi connectivity index (χ3n) is 7.40. The Balaban J connectivity index is 1.50. The quantitative estimate of drug-likeness (QED) is 0.409. The zero-order chi connectivity index (χ0) is 25.6. The van der Waals surface area contributed by atoms with Crippen molar-refractivity contribution in [3.63, 3.8) is 0 Å². The average Bonchev–Trinajstić information content (AvgIpc) is 3.47. The molecule has 4 aromatic rings. The van der Waals surface area contributed by atoms with E-state index in [-0.39, 0.29) is 30.2 Å². The summed E-state index contributed by atoms with van der Waals surface area (Å²) in [6.45, 7) is 8.09. The highest BCUT2D eigenvalue weighted by atomic mass is 19.1. The van der Waals surface area contributed by atoms with Crippen LogP contribution in [0.4, 0.5) is 10.1 Å². The van der Waals surface area contributed by atoms with Crippen LogP contribution in [0.3, 0.4) is 0 Å². The summed E-state index contributed by atoms with van der Waals surface area (Å²) in [5, 5.41) is 17.6. The van der Waals surface area contributed by atoms with Crippen LogP contribution >= 0.6 is 0 Å². The number of anilines is 1. The molecule has 0 saturated carbocycles. The Morgan fingerprint density at radius 2 is 1.97 bits per heavy atom. The Hall–Kier alpha value is -3.78. The first kappa shape index (κ1) is 23.9. The molecule has 5 heterocycles. The van der Waals surface area contributed by atoms with E-state index in [1.165, 1.54) is 10.6 Å². The molecule has 188 valence electrons. The number of halogens is 1. The van der Waals surface area contributed by atoms with Crippen molar-refractivity contribution in [1.29, 1.82) is 5.26 Å². The lowest BCUT2D eigenvalue weighted by Gasteiger charge is -2.49. The smallest absolute Gasteiger partial charge is 0.252 e. The fraction of sp³-hybridized carbons (Fsp3) is 0.480. The molecule has 1 saturated heterocycles. The van der Waals surface area contributed by atoms with Gasteiger partial charge >= 0.3 is 0 Å². The van der Waals surface area contributed by atoms with Crippen molar-refractivity contribution < 1.29 is 4.39 Å². The minimum Gasteiger partial charge on any atom is -0.364 e. The SMILES string of the molecule is CC[C@H]1CN([C@H](C)c2ccn3nc(F)cc3n2)[C@H](CC)CN1c1cc(=O)n(C)c2cn(CC#N)nc12. The third-order valence-corrected chi connectivity index (χ3v) is 7.40. The third kappa shape index (κ3) is 4.01. The molecule has 1 aliphatic heterocycles. The second-order valence-electron chi connectivity index (χ2n) is 9.42. The Labute approximate surface area is 208 Å². The van der Waals surface area contributed by atoms with Gasteiger partial charge in [0.1, 0.15) is 12.1 Å². The molecule has 1 fully saturated rings. The Bertz CT molecular complexity index is 1510. The summed E-state index contributed by atoms with van der Waals surface area (Å²) in [7, 11) is 1.73. The van der Waals surface area contributed by atoms with Crippen molar-refractivity contribution in [1.82, 2.24) is 33.8 Å². The van der Waals surface area contributed by atoms with Crippen LogP contribution in [0, 0.1) is 17.3 Å². The van der Waals surface area contributed by atoms with Crippen LogP contribution in [0.5, 0.6) is 0 Å². The summed E-state index contributed by atoms with van der Waals surface area (Å²) in [4.78, 5) is 22.3. The number of hydrogen-bond donors (Lipinski definition) is 0. The van der Waals surface area contributed by atoms with E-state index in [1.807, 2.05) is 6.07 Å². The molecule has 0 bridgehead atoms. The lowest BCUT2D eigenvalue weighted by molar-refractivity contribution is 0.0992. The van der Waals surface area contributed by atoms with Crippen molar-refractivity contribution >= 4 is 22.4 Å². The molecule has 4 aromatic heterocycles. The van der Waals surface area contributed by atoms with E-state index in [1.54, 1.807) is 34.8 Å². The molecule has 0 radical (unpaired) electrons. The van der Waals surface area contributed by atoms with Crippen LogP contribution < -0.4 is 10.5 Å². The monoisotopic (exact) mass is 491 g/mol. The predicted molar refractivity (Wildman–Crippen MR) is 134 cm³/mol. The van der Waals surface area contributed by atoms with Gasteiger partial charge in [-0.25, -0.2) is 9.50 Å². The second-order valence-corrected chi connectivity index (χ2v) is 9.42. The molecule has 5 rings (SSSR count). The molecule has 0 N–H and O–H groups in total. The molecule has 0 aliphatic carbocycles. The molecule has 0 amide bonds. The standard InChI is InChI=1S/C25H30FN9O/c1-5-17-14-34(20-11-24(36)31(4)21-15-32(10-8-27)30-25(20)21)18(6-2)13-33(17)16(3)19-7-9-35-23(28-19)12-22(26)29-35/h7,9,11-12,15-18H,5-6,10,13-14H2,1-4H3/t16-,17-,18+/m1/s1. The fourth-order valence-corrected chi connectivity index (χ4v) is 5.33. The van der Waals surface area contributed by atoms with Crippen LogP contribution in [-0.2, 0) is 13.6 Å². The minimum atomic E-state index is -0.545. The second kappa shape index (κ2) is 9.35. The van der Waals surface area contributed by atoms with Gasteiger partial charge in [0.05, 0.1) is 29.2 Å². The summed E-state index contributed by atoms with van der Waals surface area (Å²) in [6.07, 6.45) is 5.31. The maximum absolute atomic E-state index is 13.6. The summed E-state index contributed by atoms with van der Waals surface area (Å²) in [5.74, 6) is -0.545. The van der Waals surface area contributed by atoms with E-state index >= 15 is 0 Å². The lowest BCUT2D eigenvalue weighted by atomic mass is 9.98. The summed E-state index contributed by atoms with van der Waals surface area (Å²) >= 11 is 0. The molecule has 36 heavy (non-hydrogen) atoms. The molecule has 0 aromatic carbocycles. The molecule has 10 nitrogen and oxygen atoms in total. The highest BCUT2D eigenvalue weighted by Crippen LogP contribution is 2.34. The van der Waals surface area contributed by atoms with E-state index in [4.69, 9.17) is 5.26 Å². The Morgan fingerprint density at radius 1 is 1.19 bits per heavy atom. The molecule has 3 atom stereocenters.